The van der Waals surface area contributed by atoms with Crippen LogP contribution in [0.15, 0.2) is 17.0 Å². The Hall–Kier alpha value is -1.56. The van der Waals surface area contributed by atoms with Gasteiger partial charge in [-0.25, -0.2) is 0 Å². The Morgan fingerprint density at radius 3 is 2.35 bits per heavy atom. The molecular weight excluding hydrogens is 240 g/mol. The number of benzene rings is 1. The van der Waals surface area contributed by atoms with Gasteiger partial charge in [0.05, 0.1) is 0 Å². The number of anilines is 1. The number of nitrogens with one attached hydrogen (secondary N) is 1. The zero-order chi connectivity index (χ0) is 13.0. The topological polar surface area (TPSA) is 72.2 Å². The molecular formula is C11H14N2O3S. The van der Waals surface area contributed by atoms with Crippen molar-refractivity contribution in [2.24, 2.45) is 0 Å². The second-order valence-electron chi connectivity index (χ2n) is 3.73. The van der Waals surface area contributed by atoms with Crippen LogP contribution in [0.1, 0.15) is 18.1 Å². The molecule has 0 saturated heterocycles. The second-order valence-corrected chi connectivity index (χ2v) is 4.68. The third-order valence-electron chi connectivity index (χ3n) is 2.09. The first-order valence-corrected chi connectivity index (χ1v) is 6.02. The zero-order valence-corrected chi connectivity index (χ0v) is 10.8. The highest BCUT2D eigenvalue weighted by atomic mass is 32.2. The molecule has 1 aromatic rings. The molecule has 1 amide bonds. The van der Waals surface area contributed by atoms with E-state index in [0.717, 1.165) is 21.7 Å². The highest BCUT2D eigenvalue weighted by Gasteiger charge is 2.09. The van der Waals surface area contributed by atoms with Crippen molar-refractivity contribution in [3.63, 3.8) is 0 Å². The summed E-state index contributed by atoms with van der Waals surface area (Å²) < 4.78 is 0. The lowest BCUT2D eigenvalue weighted by atomic mass is 10.1. The van der Waals surface area contributed by atoms with Crippen molar-refractivity contribution < 1.29 is 9.72 Å². The van der Waals surface area contributed by atoms with E-state index in [-0.39, 0.29) is 16.7 Å². The van der Waals surface area contributed by atoms with Gasteiger partial charge in [0.1, 0.15) is 0 Å². The maximum atomic E-state index is 10.9. The molecule has 92 valence electrons. The van der Waals surface area contributed by atoms with Gasteiger partial charge in [0, 0.05) is 22.4 Å². The van der Waals surface area contributed by atoms with Crippen molar-refractivity contribution in [2.45, 2.75) is 25.7 Å². The van der Waals surface area contributed by atoms with Crippen molar-refractivity contribution in [3.05, 3.63) is 33.4 Å². The number of nitro groups is 1. The molecule has 5 nitrogen and oxygen atoms in total. The predicted octanol–water partition coefficient (Wildman–Crippen LogP) is 2.59. The normalized spacial score (nSPS) is 10.1. The molecule has 0 aliphatic rings. The zero-order valence-electron chi connectivity index (χ0n) is 9.94. The van der Waals surface area contributed by atoms with Crippen molar-refractivity contribution in [1.82, 2.24) is 0 Å². The maximum absolute atomic E-state index is 10.9. The van der Waals surface area contributed by atoms with Crippen LogP contribution in [0.4, 0.5) is 5.69 Å². The average Bonchev–Trinajstić information content (AvgIpc) is 2.14. The molecule has 1 rings (SSSR count). The van der Waals surface area contributed by atoms with E-state index in [0.29, 0.717) is 0 Å². The van der Waals surface area contributed by atoms with Crippen LogP contribution in [0.25, 0.3) is 0 Å². The molecule has 0 heterocycles. The quantitative estimate of drug-likeness (QED) is 0.388. The van der Waals surface area contributed by atoms with E-state index in [9.17, 15) is 14.9 Å². The number of hydrogen-bond donors (Lipinski definition) is 1. The van der Waals surface area contributed by atoms with Crippen molar-refractivity contribution in [2.75, 3.05) is 11.2 Å². The van der Waals surface area contributed by atoms with E-state index in [4.69, 9.17) is 0 Å². The predicted molar refractivity (Wildman–Crippen MR) is 67.9 cm³/mol. The van der Waals surface area contributed by atoms with Gasteiger partial charge in [0.25, 0.3) is 5.88 Å². The smallest absolute Gasteiger partial charge is 0.253 e. The summed E-state index contributed by atoms with van der Waals surface area (Å²) in [5.41, 5.74) is 2.58. The van der Waals surface area contributed by atoms with Crippen LogP contribution in [0.2, 0.25) is 0 Å². The van der Waals surface area contributed by atoms with Crippen LogP contribution < -0.4 is 5.32 Å². The summed E-state index contributed by atoms with van der Waals surface area (Å²) in [5.74, 6) is -0.282. The monoisotopic (exact) mass is 254 g/mol. The first-order chi connectivity index (χ1) is 7.90. The van der Waals surface area contributed by atoms with Gasteiger partial charge in [0.2, 0.25) is 5.91 Å². The number of thioether (sulfide) groups is 1. The van der Waals surface area contributed by atoms with Crippen LogP contribution in [0, 0.1) is 24.0 Å². The number of aryl methyl sites for hydroxylation is 2. The van der Waals surface area contributed by atoms with Crippen molar-refractivity contribution in [3.8, 4) is 0 Å². The SMILES string of the molecule is CC(=O)Nc1cc(C)c(SC[N+](=O)[O-])c(C)c1. The molecule has 1 N–H and O–H groups in total. The number of rotatable bonds is 4. The molecule has 1 aromatic carbocycles. The Labute approximate surface area is 104 Å². The Bertz CT molecular complexity index is 437. The second kappa shape index (κ2) is 5.67. The Morgan fingerprint density at radius 2 is 1.94 bits per heavy atom. The summed E-state index contributed by atoms with van der Waals surface area (Å²) >= 11 is 1.20. The molecule has 17 heavy (non-hydrogen) atoms. The number of carbonyl (C=O) groups is 1. The summed E-state index contributed by atoms with van der Waals surface area (Å²) in [7, 11) is 0. The fourth-order valence-corrected chi connectivity index (χ4v) is 2.38. The van der Waals surface area contributed by atoms with E-state index in [2.05, 4.69) is 5.32 Å². The third-order valence-corrected chi connectivity index (χ3v) is 3.37. The van der Waals surface area contributed by atoms with Crippen LogP contribution in [0.5, 0.6) is 0 Å². The largest absolute Gasteiger partial charge is 0.326 e. The average molecular weight is 254 g/mol. The summed E-state index contributed by atoms with van der Waals surface area (Å²) in [6.45, 7) is 5.20. The van der Waals surface area contributed by atoms with Crippen LogP contribution in [0.3, 0.4) is 0 Å². The van der Waals surface area contributed by atoms with Crippen molar-refractivity contribution in [1.29, 1.82) is 0 Å². The number of nitrogens with zero attached hydrogens (tertiary/aromatic N) is 1. The number of carbonyl (C=O) groups excluding carboxylic acids is 1. The first-order valence-electron chi connectivity index (χ1n) is 5.03. The molecule has 0 radical (unpaired) electrons. The highest BCUT2D eigenvalue weighted by Crippen LogP contribution is 2.29. The molecule has 0 saturated carbocycles. The highest BCUT2D eigenvalue weighted by molar-refractivity contribution is 7.99. The van der Waals surface area contributed by atoms with Gasteiger partial charge >= 0.3 is 0 Å². The Balaban J connectivity index is 2.93. The Morgan fingerprint density at radius 1 is 1.41 bits per heavy atom. The maximum Gasteiger partial charge on any atom is 0.253 e. The van der Waals surface area contributed by atoms with Crippen LogP contribution in [-0.4, -0.2) is 16.7 Å². The Kier molecular flexibility index (Phi) is 4.51. The van der Waals surface area contributed by atoms with Crippen LogP contribution in [-0.2, 0) is 4.79 Å². The lowest BCUT2D eigenvalue weighted by Crippen LogP contribution is -2.06. The van der Waals surface area contributed by atoms with E-state index in [1.807, 2.05) is 26.0 Å². The lowest BCUT2D eigenvalue weighted by molar-refractivity contribution is -0.456. The van der Waals surface area contributed by atoms with Crippen molar-refractivity contribution >= 4 is 23.4 Å². The molecule has 0 aliphatic carbocycles. The van der Waals surface area contributed by atoms with Gasteiger partial charge in [0.15, 0.2) is 0 Å². The molecule has 0 aliphatic heterocycles. The molecule has 0 aromatic heterocycles. The molecule has 6 heteroatoms. The first kappa shape index (κ1) is 13.5. The fourth-order valence-electron chi connectivity index (χ4n) is 1.57. The van der Waals surface area contributed by atoms with Gasteiger partial charge in [-0.2, -0.15) is 0 Å². The van der Waals surface area contributed by atoms with Gasteiger partial charge in [-0.1, -0.05) is 0 Å². The van der Waals surface area contributed by atoms with Crippen LogP contribution >= 0.6 is 11.8 Å². The molecule has 0 spiro atoms. The fraction of sp³-hybridized carbons (Fsp3) is 0.364. The van der Waals surface area contributed by atoms with Gasteiger partial charge in [-0.15, -0.1) is 0 Å². The minimum absolute atomic E-state index is 0.130. The van der Waals surface area contributed by atoms with E-state index >= 15 is 0 Å². The summed E-state index contributed by atoms with van der Waals surface area (Å²) in [4.78, 5) is 21.8. The minimum Gasteiger partial charge on any atom is -0.326 e. The minimum atomic E-state index is -0.356. The van der Waals surface area contributed by atoms with E-state index in [1.54, 1.807) is 0 Å². The number of hydrogen-bond acceptors (Lipinski definition) is 4. The lowest BCUT2D eigenvalue weighted by Gasteiger charge is -2.10. The third kappa shape index (κ3) is 4.07. The van der Waals surface area contributed by atoms with E-state index < -0.39 is 0 Å². The van der Waals surface area contributed by atoms with E-state index in [1.165, 1.54) is 18.7 Å². The summed E-state index contributed by atoms with van der Waals surface area (Å²) in [5, 5.41) is 13.0. The molecule has 0 atom stereocenters. The molecule has 0 bridgehead atoms. The van der Waals surface area contributed by atoms with Gasteiger partial charge in [-0.3, -0.25) is 14.9 Å². The van der Waals surface area contributed by atoms with Gasteiger partial charge in [-0.05, 0) is 48.9 Å². The standard InChI is InChI=1S/C11H14N2O3S/c1-7-4-10(12-9(3)14)5-8(2)11(7)17-6-13(15)16/h4-5H,6H2,1-3H3,(H,12,14). The number of amides is 1. The molecule has 0 fully saturated rings. The summed E-state index contributed by atoms with van der Waals surface area (Å²) in [6, 6.07) is 3.63. The summed E-state index contributed by atoms with van der Waals surface area (Å²) in [6.07, 6.45) is 0. The van der Waals surface area contributed by atoms with Gasteiger partial charge < -0.3 is 5.32 Å². The molecule has 0 unspecified atom stereocenters.